The third kappa shape index (κ3) is 2.95. The number of carbonyl (C=O) groups is 2. The largest absolute Gasteiger partial charge is 0.434 e. The standard InChI is InChI=1S/C9H5F2IO3/c10-9(11)15-8-2-6(12)1-5(3-13)7(8)4-14/h1-4,9H. The van der Waals surface area contributed by atoms with Gasteiger partial charge in [-0.3, -0.25) is 9.59 Å². The number of hydrogen-bond donors (Lipinski definition) is 0. The topological polar surface area (TPSA) is 43.4 Å². The second-order valence-corrected chi connectivity index (χ2v) is 3.77. The van der Waals surface area contributed by atoms with Crippen molar-refractivity contribution in [2.75, 3.05) is 0 Å². The first-order valence-corrected chi connectivity index (χ1v) is 4.85. The molecule has 1 aromatic rings. The van der Waals surface area contributed by atoms with Gasteiger partial charge < -0.3 is 4.74 Å². The average Bonchev–Trinajstić information content (AvgIpc) is 2.15. The van der Waals surface area contributed by atoms with Crippen LogP contribution in [0.15, 0.2) is 12.1 Å². The van der Waals surface area contributed by atoms with Gasteiger partial charge in [0, 0.05) is 9.13 Å². The van der Waals surface area contributed by atoms with Gasteiger partial charge in [-0.25, -0.2) is 0 Å². The van der Waals surface area contributed by atoms with Crippen LogP contribution in [-0.4, -0.2) is 19.2 Å². The molecule has 0 aliphatic carbocycles. The van der Waals surface area contributed by atoms with Crippen molar-refractivity contribution >= 4 is 35.2 Å². The van der Waals surface area contributed by atoms with E-state index in [1.807, 2.05) is 22.6 Å². The zero-order valence-electron chi connectivity index (χ0n) is 7.25. The lowest BCUT2D eigenvalue weighted by atomic mass is 10.1. The smallest absolute Gasteiger partial charge is 0.387 e. The summed E-state index contributed by atoms with van der Waals surface area (Å²) in [4.78, 5) is 21.2. The monoisotopic (exact) mass is 326 g/mol. The number of halogens is 3. The number of benzene rings is 1. The average molecular weight is 326 g/mol. The van der Waals surface area contributed by atoms with Gasteiger partial charge in [0.2, 0.25) is 0 Å². The Bertz CT molecular complexity index is 393. The molecule has 0 spiro atoms. The number of rotatable bonds is 4. The van der Waals surface area contributed by atoms with E-state index in [0.29, 0.717) is 16.1 Å². The van der Waals surface area contributed by atoms with Gasteiger partial charge in [-0.05, 0) is 34.7 Å². The van der Waals surface area contributed by atoms with Crippen molar-refractivity contribution in [1.82, 2.24) is 0 Å². The van der Waals surface area contributed by atoms with Crippen molar-refractivity contribution in [2.24, 2.45) is 0 Å². The fraction of sp³-hybridized carbons (Fsp3) is 0.111. The highest BCUT2D eigenvalue weighted by Crippen LogP contribution is 2.25. The maximum atomic E-state index is 12.0. The number of aldehydes is 2. The molecular weight excluding hydrogens is 321 g/mol. The Morgan fingerprint density at radius 3 is 2.40 bits per heavy atom. The summed E-state index contributed by atoms with van der Waals surface area (Å²) < 4.78 is 28.6. The summed E-state index contributed by atoms with van der Waals surface area (Å²) in [6.07, 6.45) is 0.738. The van der Waals surface area contributed by atoms with Gasteiger partial charge in [-0.15, -0.1) is 0 Å². The van der Waals surface area contributed by atoms with Crippen LogP contribution in [0, 0.1) is 3.57 Å². The highest BCUT2D eigenvalue weighted by molar-refractivity contribution is 14.1. The van der Waals surface area contributed by atoms with Crippen molar-refractivity contribution in [1.29, 1.82) is 0 Å². The molecule has 0 saturated heterocycles. The Morgan fingerprint density at radius 2 is 1.93 bits per heavy atom. The van der Waals surface area contributed by atoms with Crippen LogP contribution in [0.3, 0.4) is 0 Å². The second kappa shape index (κ2) is 5.15. The quantitative estimate of drug-likeness (QED) is 0.631. The first-order valence-electron chi connectivity index (χ1n) is 3.77. The summed E-state index contributed by atoms with van der Waals surface area (Å²) >= 11 is 1.83. The predicted octanol–water partition coefficient (Wildman–Crippen LogP) is 2.52. The SMILES string of the molecule is O=Cc1cc(I)cc(OC(F)F)c1C=O. The molecule has 15 heavy (non-hydrogen) atoms. The highest BCUT2D eigenvalue weighted by Gasteiger charge is 2.14. The summed E-state index contributed by atoms with van der Waals surface area (Å²) in [5.41, 5.74) is -0.127. The number of alkyl halides is 2. The molecule has 0 aliphatic rings. The van der Waals surface area contributed by atoms with Gasteiger partial charge in [0.15, 0.2) is 12.6 Å². The zero-order valence-corrected chi connectivity index (χ0v) is 9.40. The van der Waals surface area contributed by atoms with Gasteiger partial charge in [0.25, 0.3) is 0 Å². The number of hydrogen-bond acceptors (Lipinski definition) is 3. The van der Waals surface area contributed by atoms with Crippen LogP contribution in [0.4, 0.5) is 8.78 Å². The first-order chi connectivity index (χ1) is 7.08. The Hall–Kier alpha value is -1.05. The van der Waals surface area contributed by atoms with Crippen LogP contribution in [0.5, 0.6) is 5.75 Å². The molecular formula is C9H5F2IO3. The molecule has 3 nitrogen and oxygen atoms in total. The minimum absolute atomic E-state index is 0.0348. The fourth-order valence-electron chi connectivity index (χ4n) is 1.03. The molecule has 0 saturated carbocycles. The minimum atomic E-state index is -3.03. The van der Waals surface area contributed by atoms with Gasteiger partial charge >= 0.3 is 6.61 Å². The van der Waals surface area contributed by atoms with Crippen molar-refractivity contribution in [3.63, 3.8) is 0 Å². The molecule has 1 rings (SSSR count). The van der Waals surface area contributed by atoms with Crippen LogP contribution in [0.1, 0.15) is 20.7 Å². The van der Waals surface area contributed by atoms with E-state index in [4.69, 9.17) is 0 Å². The maximum absolute atomic E-state index is 12.0. The Kier molecular flexibility index (Phi) is 4.13. The molecule has 0 radical (unpaired) electrons. The van der Waals surface area contributed by atoms with Crippen LogP contribution < -0.4 is 4.74 Å². The van der Waals surface area contributed by atoms with Gasteiger partial charge in [0.1, 0.15) is 5.75 Å². The molecule has 1 aromatic carbocycles. The van der Waals surface area contributed by atoms with Crippen LogP contribution in [0.25, 0.3) is 0 Å². The van der Waals surface area contributed by atoms with E-state index in [2.05, 4.69) is 4.74 Å². The van der Waals surface area contributed by atoms with Crippen molar-refractivity contribution in [3.05, 3.63) is 26.8 Å². The van der Waals surface area contributed by atoms with E-state index in [1.165, 1.54) is 12.1 Å². The number of ether oxygens (including phenoxy) is 1. The van der Waals surface area contributed by atoms with E-state index >= 15 is 0 Å². The molecule has 0 N–H and O–H groups in total. The third-order valence-electron chi connectivity index (χ3n) is 1.60. The Balaban J connectivity index is 3.28. The van der Waals surface area contributed by atoms with Crippen molar-refractivity contribution < 1.29 is 23.1 Å². The first kappa shape index (κ1) is 12.0. The lowest BCUT2D eigenvalue weighted by Crippen LogP contribution is -2.06. The molecule has 0 bridgehead atoms. The Labute approximate surface area is 97.6 Å². The molecule has 0 atom stereocenters. The summed E-state index contributed by atoms with van der Waals surface area (Å²) in [5.74, 6) is -0.283. The van der Waals surface area contributed by atoms with E-state index in [1.54, 1.807) is 0 Å². The van der Waals surface area contributed by atoms with Crippen molar-refractivity contribution in [3.8, 4) is 5.75 Å². The van der Waals surface area contributed by atoms with E-state index in [9.17, 15) is 18.4 Å². The van der Waals surface area contributed by atoms with Gasteiger partial charge in [-0.1, -0.05) is 0 Å². The predicted molar refractivity (Wildman–Crippen MR) is 56.6 cm³/mol. The van der Waals surface area contributed by atoms with E-state index < -0.39 is 6.61 Å². The third-order valence-corrected chi connectivity index (χ3v) is 2.22. The van der Waals surface area contributed by atoms with Crippen LogP contribution in [-0.2, 0) is 0 Å². The lowest BCUT2D eigenvalue weighted by Gasteiger charge is -2.09. The molecule has 80 valence electrons. The molecule has 0 fully saturated rings. The van der Waals surface area contributed by atoms with Gasteiger partial charge in [-0.2, -0.15) is 8.78 Å². The summed E-state index contributed by atoms with van der Waals surface area (Å²) in [5, 5.41) is 0. The normalized spacial score (nSPS) is 10.1. The summed E-state index contributed by atoms with van der Waals surface area (Å²) in [6.45, 7) is -3.03. The lowest BCUT2D eigenvalue weighted by molar-refractivity contribution is -0.0501. The molecule has 0 aromatic heterocycles. The minimum Gasteiger partial charge on any atom is -0.434 e. The maximum Gasteiger partial charge on any atom is 0.387 e. The fourth-order valence-corrected chi connectivity index (χ4v) is 1.65. The molecule has 0 aliphatic heterocycles. The molecule has 0 amide bonds. The summed E-state index contributed by atoms with van der Waals surface area (Å²) in [7, 11) is 0. The second-order valence-electron chi connectivity index (χ2n) is 2.52. The van der Waals surface area contributed by atoms with E-state index in [-0.39, 0.29) is 16.9 Å². The Morgan fingerprint density at radius 1 is 1.27 bits per heavy atom. The highest BCUT2D eigenvalue weighted by atomic mass is 127. The van der Waals surface area contributed by atoms with Gasteiger partial charge in [0.05, 0.1) is 5.56 Å². The molecule has 6 heteroatoms. The molecule has 0 heterocycles. The summed E-state index contributed by atoms with van der Waals surface area (Å²) in [6, 6.07) is 2.68. The van der Waals surface area contributed by atoms with Crippen LogP contribution >= 0.6 is 22.6 Å². The van der Waals surface area contributed by atoms with Crippen LogP contribution in [0.2, 0.25) is 0 Å². The van der Waals surface area contributed by atoms with E-state index in [0.717, 1.165) is 0 Å². The zero-order chi connectivity index (χ0) is 11.4. The molecule has 0 unspecified atom stereocenters. The number of carbonyl (C=O) groups excluding carboxylic acids is 2. The van der Waals surface area contributed by atoms with Crippen molar-refractivity contribution in [2.45, 2.75) is 6.61 Å².